The number of nitrogens with one attached hydrogen (secondary N) is 1. The van der Waals surface area contributed by atoms with Gasteiger partial charge in [0.2, 0.25) is 0 Å². The molecule has 1 aliphatic rings. The quantitative estimate of drug-likeness (QED) is 0.461. The van der Waals surface area contributed by atoms with Crippen LogP contribution in [0.4, 0.5) is 17.3 Å². The van der Waals surface area contributed by atoms with Crippen molar-refractivity contribution in [3.05, 3.63) is 76.5 Å². The highest BCUT2D eigenvalue weighted by Crippen LogP contribution is 2.29. The van der Waals surface area contributed by atoms with Crippen LogP contribution >= 0.6 is 0 Å². The van der Waals surface area contributed by atoms with Gasteiger partial charge in [-0.1, -0.05) is 43.3 Å². The van der Waals surface area contributed by atoms with Gasteiger partial charge < -0.3 is 15.1 Å². The zero-order valence-electron chi connectivity index (χ0n) is 17.6. The summed E-state index contributed by atoms with van der Waals surface area (Å²) in [4.78, 5) is 24.9. The SMILES string of the molecule is CCN1CCN(c2ccc(CNc3ccc([N+](=O)[O-])c(-c4ccccc4)n3)cn2)CC1. The third kappa shape index (κ3) is 4.97. The Hall–Kier alpha value is -3.52. The zero-order chi connectivity index (χ0) is 21.6. The highest BCUT2D eigenvalue weighted by Gasteiger charge is 2.18. The summed E-state index contributed by atoms with van der Waals surface area (Å²) in [5.41, 5.74) is 2.09. The average Bonchev–Trinajstić information content (AvgIpc) is 2.83. The first kappa shape index (κ1) is 20.7. The number of aromatic nitrogens is 2. The first-order chi connectivity index (χ1) is 15.1. The summed E-state index contributed by atoms with van der Waals surface area (Å²) >= 11 is 0. The predicted octanol–water partition coefficient (Wildman–Crippen LogP) is 3.81. The largest absolute Gasteiger partial charge is 0.366 e. The highest BCUT2D eigenvalue weighted by atomic mass is 16.6. The molecule has 1 saturated heterocycles. The van der Waals surface area contributed by atoms with Crippen LogP contribution in [0.1, 0.15) is 12.5 Å². The molecule has 1 aromatic carbocycles. The van der Waals surface area contributed by atoms with E-state index in [4.69, 9.17) is 0 Å². The molecule has 1 aliphatic heterocycles. The van der Waals surface area contributed by atoms with Crippen molar-refractivity contribution < 1.29 is 4.92 Å². The van der Waals surface area contributed by atoms with Crippen LogP contribution in [0, 0.1) is 10.1 Å². The monoisotopic (exact) mass is 418 g/mol. The van der Waals surface area contributed by atoms with Crippen molar-refractivity contribution >= 4 is 17.3 Å². The minimum atomic E-state index is -0.401. The molecule has 0 bridgehead atoms. The second-order valence-corrected chi connectivity index (χ2v) is 7.49. The number of pyridine rings is 2. The number of hydrogen-bond donors (Lipinski definition) is 1. The Morgan fingerprint density at radius 2 is 1.81 bits per heavy atom. The molecular formula is C23H26N6O2. The van der Waals surface area contributed by atoms with Gasteiger partial charge in [-0.05, 0) is 24.2 Å². The van der Waals surface area contributed by atoms with E-state index in [0.717, 1.165) is 44.1 Å². The Balaban J connectivity index is 1.43. The number of piperazine rings is 1. The molecule has 1 fully saturated rings. The molecule has 2 aromatic heterocycles. The third-order valence-electron chi connectivity index (χ3n) is 5.54. The lowest BCUT2D eigenvalue weighted by molar-refractivity contribution is -0.384. The Labute approximate surface area is 181 Å². The maximum Gasteiger partial charge on any atom is 0.295 e. The summed E-state index contributed by atoms with van der Waals surface area (Å²) in [6.45, 7) is 7.94. The fraction of sp³-hybridized carbons (Fsp3) is 0.304. The number of rotatable bonds is 7. The van der Waals surface area contributed by atoms with Crippen LogP contribution in [0.3, 0.4) is 0 Å². The summed E-state index contributed by atoms with van der Waals surface area (Å²) in [6, 6.07) is 16.4. The molecule has 0 amide bonds. The third-order valence-corrected chi connectivity index (χ3v) is 5.54. The van der Waals surface area contributed by atoms with E-state index in [0.29, 0.717) is 23.6 Å². The highest BCUT2D eigenvalue weighted by molar-refractivity contribution is 5.71. The van der Waals surface area contributed by atoms with Crippen LogP contribution in [0.2, 0.25) is 0 Å². The molecule has 31 heavy (non-hydrogen) atoms. The van der Waals surface area contributed by atoms with Crippen molar-refractivity contribution in [2.45, 2.75) is 13.5 Å². The lowest BCUT2D eigenvalue weighted by atomic mass is 10.1. The molecule has 0 unspecified atom stereocenters. The lowest BCUT2D eigenvalue weighted by Crippen LogP contribution is -2.46. The standard InChI is InChI=1S/C23H26N6O2/c1-2-27-12-14-28(15-13-27)22-11-8-18(17-25-22)16-24-21-10-9-20(29(30)31)23(26-21)19-6-4-3-5-7-19/h3-11,17H,2,12-16H2,1H3,(H,24,26). The maximum absolute atomic E-state index is 11.4. The van der Waals surface area contributed by atoms with E-state index in [1.807, 2.05) is 36.5 Å². The van der Waals surface area contributed by atoms with Crippen molar-refractivity contribution in [1.29, 1.82) is 0 Å². The summed E-state index contributed by atoms with van der Waals surface area (Å²) in [5, 5.41) is 14.7. The molecule has 4 rings (SSSR count). The van der Waals surface area contributed by atoms with Gasteiger partial charge in [-0.15, -0.1) is 0 Å². The van der Waals surface area contributed by atoms with E-state index in [1.165, 1.54) is 6.07 Å². The molecule has 0 aliphatic carbocycles. The van der Waals surface area contributed by atoms with Gasteiger partial charge in [-0.2, -0.15) is 0 Å². The first-order valence-corrected chi connectivity index (χ1v) is 10.5. The van der Waals surface area contributed by atoms with Crippen molar-refractivity contribution in [2.75, 3.05) is 42.9 Å². The summed E-state index contributed by atoms with van der Waals surface area (Å²) in [7, 11) is 0. The van der Waals surface area contributed by atoms with Gasteiger partial charge in [0.15, 0.2) is 5.69 Å². The molecule has 8 heteroatoms. The number of likely N-dealkylation sites (N-methyl/N-ethyl adjacent to an activating group) is 1. The molecule has 0 saturated carbocycles. The van der Waals surface area contributed by atoms with Crippen LogP contribution in [0.5, 0.6) is 0 Å². The van der Waals surface area contributed by atoms with E-state index in [2.05, 4.69) is 44.1 Å². The van der Waals surface area contributed by atoms with Crippen LogP contribution < -0.4 is 10.2 Å². The average molecular weight is 419 g/mol. The van der Waals surface area contributed by atoms with Gasteiger partial charge in [0, 0.05) is 50.6 Å². The maximum atomic E-state index is 11.4. The van der Waals surface area contributed by atoms with Gasteiger partial charge in [0.25, 0.3) is 5.69 Å². The minimum Gasteiger partial charge on any atom is -0.366 e. The number of nitro groups is 1. The Morgan fingerprint density at radius 3 is 2.45 bits per heavy atom. The molecule has 1 N–H and O–H groups in total. The van der Waals surface area contributed by atoms with Gasteiger partial charge in [-0.25, -0.2) is 9.97 Å². The van der Waals surface area contributed by atoms with Crippen molar-refractivity contribution in [2.24, 2.45) is 0 Å². The van der Waals surface area contributed by atoms with Crippen LogP contribution in [-0.2, 0) is 6.54 Å². The van der Waals surface area contributed by atoms with Crippen molar-refractivity contribution in [3.8, 4) is 11.3 Å². The second kappa shape index (κ2) is 9.53. The molecular weight excluding hydrogens is 392 g/mol. The number of nitrogens with zero attached hydrogens (tertiary/aromatic N) is 5. The summed E-state index contributed by atoms with van der Waals surface area (Å²) in [6.07, 6.45) is 1.87. The fourth-order valence-corrected chi connectivity index (χ4v) is 3.70. The summed E-state index contributed by atoms with van der Waals surface area (Å²) < 4.78 is 0. The van der Waals surface area contributed by atoms with Crippen LogP contribution in [0.15, 0.2) is 60.8 Å². The van der Waals surface area contributed by atoms with Gasteiger partial charge in [0.05, 0.1) is 4.92 Å². The molecule has 3 aromatic rings. The van der Waals surface area contributed by atoms with Gasteiger partial charge in [-0.3, -0.25) is 10.1 Å². The van der Waals surface area contributed by atoms with E-state index in [-0.39, 0.29) is 5.69 Å². The fourth-order valence-electron chi connectivity index (χ4n) is 3.70. The zero-order valence-corrected chi connectivity index (χ0v) is 17.6. The van der Waals surface area contributed by atoms with Gasteiger partial charge in [0.1, 0.15) is 11.6 Å². The van der Waals surface area contributed by atoms with Crippen LogP contribution in [-0.4, -0.2) is 52.5 Å². The second-order valence-electron chi connectivity index (χ2n) is 7.49. The molecule has 0 radical (unpaired) electrons. The summed E-state index contributed by atoms with van der Waals surface area (Å²) in [5.74, 6) is 1.59. The van der Waals surface area contributed by atoms with E-state index in [9.17, 15) is 10.1 Å². The smallest absolute Gasteiger partial charge is 0.295 e. The number of hydrogen-bond acceptors (Lipinski definition) is 7. The minimum absolute atomic E-state index is 0.00839. The Kier molecular flexibility index (Phi) is 6.37. The molecule has 0 spiro atoms. The molecule has 0 atom stereocenters. The van der Waals surface area contributed by atoms with E-state index in [1.54, 1.807) is 6.07 Å². The van der Waals surface area contributed by atoms with Gasteiger partial charge >= 0.3 is 0 Å². The van der Waals surface area contributed by atoms with Crippen LogP contribution in [0.25, 0.3) is 11.3 Å². The predicted molar refractivity (Wildman–Crippen MR) is 122 cm³/mol. The topological polar surface area (TPSA) is 87.4 Å². The Bertz CT molecular complexity index is 1020. The number of anilines is 2. The lowest BCUT2D eigenvalue weighted by Gasteiger charge is -2.34. The number of benzene rings is 1. The molecule has 3 heterocycles. The molecule has 160 valence electrons. The van der Waals surface area contributed by atoms with E-state index < -0.39 is 4.92 Å². The normalized spacial score (nSPS) is 14.4. The first-order valence-electron chi connectivity index (χ1n) is 10.5. The van der Waals surface area contributed by atoms with E-state index >= 15 is 0 Å². The Morgan fingerprint density at radius 1 is 1.03 bits per heavy atom. The van der Waals surface area contributed by atoms with Crippen molar-refractivity contribution in [3.63, 3.8) is 0 Å². The van der Waals surface area contributed by atoms with Crippen molar-refractivity contribution in [1.82, 2.24) is 14.9 Å². The molecule has 8 nitrogen and oxygen atoms in total.